The molecule has 50 valence electrons. The molecule has 2 N–H and O–H groups in total. The van der Waals surface area contributed by atoms with E-state index in [0.29, 0.717) is 12.4 Å². The lowest BCUT2D eigenvalue weighted by molar-refractivity contribution is 0.157. The monoisotopic (exact) mass is 128 g/mol. The van der Waals surface area contributed by atoms with Gasteiger partial charge in [0.25, 0.3) is 0 Å². The molecule has 0 radical (unpaired) electrons. The van der Waals surface area contributed by atoms with Crippen LogP contribution in [0.2, 0.25) is 0 Å². The van der Waals surface area contributed by atoms with Crippen molar-refractivity contribution in [3.8, 4) is 0 Å². The molecule has 1 heterocycles. The molecule has 0 atom stereocenters. The van der Waals surface area contributed by atoms with Gasteiger partial charge < -0.3 is 5.21 Å². The van der Waals surface area contributed by atoms with Gasteiger partial charge in [-0.2, -0.15) is 10.6 Å². The number of aromatic nitrogens is 3. The first kappa shape index (κ1) is 6.18. The van der Waals surface area contributed by atoms with Crippen molar-refractivity contribution in [3.05, 3.63) is 12.2 Å². The van der Waals surface area contributed by atoms with Crippen LogP contribution in [-0.2, 0) is 13.6 Å². The zero-order valence-corrected chi connectivity index (χ0v) is 5.07. The predicted octanol–water partition coefficient (Wildman–Crippen LogP) is -0.706. The van der Waals surface area contributed by atoms with Gasteiger partial charge >= 0.3 is 0 Å². The summed E-state index contributed by atoms with van der Waals surface area (Å²) in [6.07, 6.45) is 1.44. The summed E-state index contributed by atoms with van der Waals surface area (Å²) >= 11 is 0. The number of nitrogens with zero attached hydrogens (tertiary/aromatic N) is 3. The number of rotatable bonds is 2. The fraction of sp³-hybridized carbons (Fsp3) is 0.500. The van der Waals surface area contributed by atoms with Gasteiger partial charge in [-0.25, -0.2) is 4.98 Å². The summed E-state index contributed by atoms with van der Waals surface area (Å²) in [6.45, 7) is 0.330. The highest BCUT2D eigenvalue weighted by molar-refractivity contribution is 4.80. The van der Waals surface area contributed by atoms with Gasteiger partial charge in [-0.15, -0.1) is 0 Å². The Morgan fingerprint density at radius 3 is 3.11 bits per heavy atom. The SMILES string of the molecule is Cn1ncnc1CNO. The standard InChI is InChI=1S/C4H8N4O/c1-8-4(2-7-9)5-3-6-8/h3,7,9H,2H2,1H3. The van der Waals surface area contributed by atoms with Crippen LogP contribution in [0.3, 0.4) is 0 Å². The zero-order chi connectivity index (χ0) is 6.69. The predicted molar refractivity (Wildman–Crippen MR) is 29.6 cm³/mol. The van der Waals surface area contributed by atoms with Gasteiger partial charge in [-0.05, 0) is 0 Å². The Morgan fingerprint density at radius 2 is 2.67 bits per heavy atom. The Balaban J connectivity index is 2.69. The minimum atomic E-state index is 0.330. The van der Waals surface area contributed by atoms with Crippen LogP contribution in [0, 0.1) is 0 Å². The minimum Gasteiger partial charge on any atom is -0.316 e. The minimum absolute atomic E-state index is 0.330. The molecular formula is C4H8N4O. The molecule has 0 spiro atoms. The van der Waals surface area contributed by atoms with Crippen LogP contribution in [0.15, 0.2) is 6.33 Å². The molecule has 0 saturated heterocycles. The number of nitrogens with one attached hydrogen (secondary N) is 1. The highest BCUT2D eigenvalue weighted by atomic mass is 16.5. The molecular weight excluding hydrogens is 120 g/mol. The number of hydroxylamine groups is 1. The van der Waals surface area contributed by atoms with E-state index in [0.717, 1.165) is 0 Å². The summed E-state index contributed by atoms with van der Waals surface area (Å²) in [7, 11) is 1.76. The molecule has 0 aromatic carbocycles. The van der Waals surface area contributed by atoms with Crippen molar-refractivity contribution in [3.63, 3.8) is 0 Å². The molecule has 5 heteroatoms. The smallest absolute Gasteiger partial charge is 0.142 e. The normalized spacial score (nSPS) is 10.0. The Bertz CT molecular complexity index is 184. The lowest BCUT2D eigenvalue weighted by atomic mass is 10.6. The fourth-order valence-corrected chi connectivity index (χ4v) is 0.551. The molecule has 0 saturated carbocycles. The molecule has 0 fully saturated rings. The first-order valence-electron chi connectivity index (χ1n) is 2.54. The summed E-state index contributed by atoms with van der Waals surface area (Å²) < 4.78 is 1.59. The van der Waals surface area contributed by atoms with Crippen molar-refractivity contribution in [1.29, 1.82) is 0 Å². The van der Waals surface area contributed by atoms with E-state index in [4.69, 9.17) is 5.21 Å². The van der Waals surface area contributed by atoms with Crippen LogP contribution in [0.1, 0.15) is 5.82 Å². The van der Waals surface area contributed by atoms with E-state index < -0.39 is 0 Å². The van der Waals surface area contributed by atoms with E-state index in [1.807, 2.05) is 5.48 Å². The largest absolute Gasteiger partial charge is 0.316 e. The van der Waals surface area contributed by atoms with Crippen LogP contribution < -0.4 is 5.48 Å². The molecule has 1 rings (SSSR count). The fourth-order valence-electron chi connectivity index (χ4n) is 0.551. The average Bonchev–Trinajstić information content (AvgIpc) is 2.18. The van der Waals surface area contributed by atoms with Gasteiger partial charge in [0.2, 0.25) is 0 Å². The molecule has 1 aromatic heterocycles. The van der Waals surface area contributed by atoms with Crippen molar-refractivity contribution >= 4 is 0 Å². The maximum absolute atomic E-state index is 8.23. The van der Waals surface area contributed by atoms with Crippen molar-refractivity contribution < 1.29 is 5.21 Å². The summed E-state index contributed by atoms with van der Waals surface area (Å²) in [4.78, 5) is 3.83. The Kier molecular flexibility index (Phi) is 1.76. The van der Waals surface area contributed by atoms with E-state index in [1.54, 1.807) is 11.7 Å². The van der Waals surface area contributed by atoms with Crippen LogP contribution in [0.5, 0.6) is 0 Å². The van der Waals surface area contributed by atoms with Gasteiger partial charge in [0.05, 0.1) is 6.54 Å². The van der Waals surface area contributed by atoms with Gasteiger partial charge in [0, 0.05) is 7.05 Å². The van der Waals surface area contributed by atoms with Crippen LogP contribution >= 0.6 is 0 Å². The lowest BCUT2D eigenvalue weighted by Gasteiger charge is -1.94. The molecule has 0 aliphatic heterocycles. The van der Waals surface area contributed by atoms with Crippen molar-refractivity contribution in [2.45, 2.75) is 6.54 Å². The van der Waals surface area contributed by atoms with Crippen molar-refractivity contribution in [2.24, 2.45) is 7.05 Å². The van der Waals surface area contributed by atoms with Crippen LogP contribution in [0.25, 0.3) is 0 Å². The molecule has 0 aliphatic carbocycles. The maximum Gasteiger partial charge on any atom is 0.142 e. The Morgan fingerprint density at radius 1 is 1.89 bits per heavy atom. The molecule has 9 heavy (non-hydrogen) atoms. The number of aryl methyl sites for hydroxylation is 1. The maximum atomic E-state index is 8.23. The molecule has 1 aromatic rings. The van der Waals surface area contributed by atoms with Crippen molar-refractivity contribution in [2.75, 3.05) is 0 Å². The molecule has 5 nitrogen and oxygen atoms in total. The summed E-state index contributed by atoms with van der Waals surface area (Å²) in [5.74, 6) is 0.706. The molecule has 0 aliphatic rings. The van der Waals surface area contributed by atoms with Crippen LogP contribution in [-0.4, -0.2) is 20.0 Å². The number of hydrogen-bond acceptors (Lipinski definition) is 4. The van der Waals surface area contributed by atoms with E-state index in [-0.39, 0.29) is 0 Å². The second-order valence-electron chi connectivity index (χ2n) is 1.63. The van der Waals surface area contributed by atoms with Gasteiger partial charge in [-0.1, -0.05) is 0 Å². The third kappa shape index (κ3) is 1.24. The third-order valence-corrected chi connectivity index (χ3v) is 1.04. The van der Waals surface area contributed by atoms with Crippen LogP contribution in [0.4, 0.5) is 0 Å². The van der Waals surface area contributed by atoms with Gasteiger partial charge in [-0.3, -0.25) is 4.68 Å². The summed E-state index contributed by atoms with van der Waals surface area (Å²) in [6, 6.07) is 0. The topological polar surface area (TPSA) is 63.0 Å². The molecule has 0 bridgehead atoms. The Hall–Kier alpha value is -0.940. The molecule has 0 amide bonds. The van der Waals surface area contributed by atoms with Gasteiger partial charge in [0.15, 0.2) is 0 Å². The van der Waals surface area contributed by atoms with E-state index in [9.17, 15) is 0 Å². The summed E-state index contributed by atoms with van der Waals surface area (Å²) in [5.41, 5.74) is 1.99. The zero-order valence-electron chi connectivity index (χ0n) is 5.07. The quantitative estimate of drug-likeness (QED) is 0.517. The highest BCUT2D eigenvalue weighted by Crippen LogP contribution is 1.86. The van der Waals surface area contributed by atoms with E-state index in [1.165, 1.54) is 6.33 Å². The van der Waals surface area contributed by atoms with Crippen molar-refractivity contribution in [1.82, 2.24) is 20.2 Å². The van der Waals surface area contributed by atoms with E-state index in [2.05, 4.69) is 10.1 Å². The van der Waals surface area contributed by atoms with Gasteiger partial charge in [0.1, 0.15) is 12.2 Å². The first-order valence-corrected chi connectivity index (χ1v) is 2.54. The lowest BCUT2D eigenvalue weighted by Crippen LogP contribution is -2.11. The Labute approximate surface area is 52.3 Å². The second kappa shape index (κ2) is 2.56. The second-order valence-corrected chi connectivity index (χ2v) is 1.63. The average molecular weight is 128 g/mol. The highest BCUT2D eigenvalue weighted by Gasteiger charge is 1.95. The third-order valence-electron chi connectivity index (χ3n) is 1.04. The molecule has 0 unspecified atom stereocenters. The summed E-state index contributed by atoms with van der Waals surface area (Å²) in [5, 5.41) is 12.0. The first-order chi connectivity index (χ1) is 4.34. The number of hydrogen-bond donors (Lipinski definition) is 2. The van der Waals surface area contributed by atoms with E-state index >= 15 is 0 Å².